The number of nitrogens with zero attached hydrogens (tertiary/aromatic N) is 2. The minimum Gasteiger partial charge on any atom is -0.487 e. The van der Waals surface area contributed by atoms with Crippen molar-refractivity contribution in [2.45, 2.75) is 64.6 Å². The van der Waals surface area contributed by atoms with Gasteiger partial charge in [-0.15, -0.1) is 24.0 Å². The van der Waals surface area contributed by atoms with E-state index in [1.54, 1.807) is 13.2 Å². The highest BCUT2D eigenvalue weighted by Gasteiger charge is 2.34. The molecule has 154 valence electrons. The van der Waals surface area contributed by atoms with Crippen molar-refractivity contribution in [3.05, 3.63) is 47.7 Å². The highest BCUT2D eigenvalue weighted by atomic mass is 127. The van der Waals surface area contributed by atoms with Crippen LogP contribution in [0.15, 0.2) is 39.9 Å². The molecule has 0 bridgehead atoms. The summed E-state index contributed by atoms with van der Waals surface area (Å²) in [7, 11) is 1.77. The predicted octanol–water partition coefficient (Wildman–Crippen LogP) is 4.56. The van der Waals surface area contributed by atoms with Gasteiger partial charge in [0.05, 0.1) is 18.8 Å². The largest absolute Gasteiger partial charge is 0.487 e. The number of aliphatic imine (C=N–C) groups is 1. The van der Waals surface area contributed by atoms with Crippen molar-refractivity contribution in [1.82, 2.24) is 15.6 Å². The summed E-state index contributed by atoms with van der Waals surface area (Å²) in [5, 5.41) is 6.81. The van der Waals surface area contributed by atoms with Gasteiger partial charge in [-0.05, 0) is 19.9 Å². The maximum absolute atomic E-state index is 6.10. The van der Waals surface area contributed by atoms with Gasteiger partial charge in [-0.3, -0.25) is 4.99 Å². The number of benzene rings is 1. The minimum absolute atomic E-state index is 0. The smallest absolute Gasteiger partial charge is 0.213 e. The summed E-state index contributed by atoms with van der Waals surface area (Å²) in [6.07, 6.45) is 2.64. The number of rotatable bonds is 3. The second kappa shape index (κ2) is 8.71. The number of ether oxygens (including phenoxy) is 1. The lowest BCUT2D eigenvalue weighted by molar-refractivity contribution is 0.0694. The molecule has 0 amide bonds. The Labute approximate surface area is 184 Å². The van der Waals surface area contributed by atoms with E-state index in [0.29, 0.717) is 18.4 Å². The summed E-state index contributed by atoms with van der Waals surface area (Å²) in [5.41, 5.74) is 0.850. The van der Waals surface area contributed by atoms with Crippen molar-refractivity contribution < 1.29 is 9.15 Å². The third-order valence-electron chi connectivity index (χ3n) is 4.61. The molecule has 6 nitrogen and oxygen atoms in total. The van der Waals surface area contributed by atoms with Crippen molar-refractivity contribution >= 4 is 29.9 Å². The van der Waals surface area contributed by atoms with Crippen molar-refractivity contribution in [2.75, 3.05) is 7.05 Å². The standard InChI is InChI=1S/C21H30N4O2.HI/c1-20(2,3)17-12-23-18(26-17)13-24-19(22-6)25-15-11-21(4,5)27-16-10-8-7-9-14(15)16;/h7-10,12,15H,11,13H2,1-6H3,(H2,22,24,25);1H. The summed E-state index contributed by atoms with van der Waals surface area (Å²) in [6.45, 7) is 11.0. The first-order chi connectivity index (χ1) is 12.7. The lowest BCUT2D eigenvalue weighted by atomic mass is 9.90. The highest BCUT2D eigenvalue weighted by Crippen LogP contribution is 2.39. The van der Waals surface area contributed by atoms with E-state index in [4.69, 9.17) is 9.15 Å². The van der Waals surface area contributed by atoms with E-state index in [9.17, 15) is 0 Å². The van der Waals surface area contributed by atoms with E-state index < -0.39 is 0 Å². The molecular formula is C21H31IN4O2. The molecule has 1 atom stereocenters. The predicted molar refractivity (Wildman–Crippen MR) is 122 cm³/mol. The van der Waals surface area contributed by atoms with Crippen LogP contribution < -0.4 is 15.4 Å². The van der Waals surface area contributed by atoms with Crippen molar-refractivity contribution in [3.63, 3.8) is 0 Å². The number of guanidine groups is 1. The summed E-state index contributed by atoms with van der Waals surface area (Å²) in [5.74, 6) is 3.16. The molecule has 1 aliphatic heterocycles. The monoisotopic (exact) mass is 498 g/mol. The molecule has 28 heavy (non-hydrogen) atoms. The van der Waals surface area contributed by atoms with Crippen LogP contribution >= 0.6 is 24.0 Å². The van der Waals surface area contributed by atoms with E-state index in [0.717, 1.165) is 23.5 Å². The van der Waals surface area contributed by atoms with Gasteiger partial charge in [0.15, 0.2) is 5.96 Å². The van der Waals surface area contributed by atoms with Gasteiger partial charge in [0.2, 0.25) is 5.89 Å². The van der Waals surface area contributed by atoms with Crippen molar-refractivity contribution in [1.29, 1.82) is 0 Å². The number of fused-ring (bicyclic) bond motifs is 1. The molecule has 2 heterocycles. The van der Waals surface area contributed by atoms with Crippen LogP contribution in [-0.2, 0) is 12.0 Å². The SMILES string of the molecule is CN=C(NCc1ncc(C(C)(C)C)o1)NC1CC(C)(C)Oc2ccccc21.I. The summed E-state index contributed by atoms with van der Waals surface area (Å²) in [4.78, 5) is 8.72. The Morgan fingerprint density at radius 1 is 1.29 bits per heavy atom. The van der Waals surface area contributed by atoms with Crippen LogP contribution in [0.1, 0.15) is 64.3 Å². The zero-order chi connectivity index (χ0) is 19.7. The lowest BCUT2D eigenvalue weighted by Crippen LogP contribution is -2.45. The summed E-state index contributed by atoms with van der Waals surface area (Å²) < 4.78 is 11.9. The third kappa shape index (κ3) is 5.40. The Bertz CT molecular complexity index is 824. The number of hydrogen-bond acceptors (Lipinski definition) is 4. The van der Waals surface area contributed by atoms with Gasteiger partial charge in [-0.1, -0.05) is 39.0 Å². The molecule has 1 aliphatic rings. The molecule has 1 unspecified atom stereocenters. The van der Waals surface area contributed by atoms with Crippen molar-refractivity contribution in [2.24, 2.45) is 4.99 Å². The molecule has 0 spiro atoms. The van der Waals surface area contributed by atoms with Crippen LogP contribution in [0.4, 0.5) is 0 Å². The number of halogens is 1. The number of para-hydroxylation sites is 1. The van der Waals surface area contributed by atoms with E-state index >= 15 is 0 Å². The quantitative estimate of drug-likeness (QED) is 0.369. The lowest BCUT2D eigenvalue weighted by Gasteiger charge is -2.38. The van der Waals surface area contributed by atoms with E-state index in [2.05, 4.69) is 61.3 Å². The Kier molecular flexibility index (Phi) is 7.01. The first-order valence-electron chi connectivity index (χ1n) is 9.38. The van der Waals surface area contributed by atoms with E-state index in [-0.39, 0.29) is 41.0 Å². The van der Waals surface area contributed by atoms with Crippen LogP contribution in [0.25, 0.3) is 0 Å². The maximum atomic E-state index is 6.10. The van der Waals surface area contributed by atoms with Crippen LogP contribution in [-0.4, -0.2) is 23.6 Å². The number of oxazole rings is 1. The molecule has 0 fully saturated rings. The zero-order valence-electron chi connectivity index (χ0n) is 17.5. The Morgan fingerprint density at radius 3 is 2.64 bits per heavy atom. The molecule has 7 heteroatoms. The maximum Gasteiger partial charge on any atom is 0.213 e. The van der Waals surface area contributed by atoms with Gasteiger partial charge in [0.1, 0.15) is 17.1 Å². The van der Waals surface area contributed by atoms with Gasteiger partial charge in [-0.2, -0.15) is 0 Å². The molecule has 2 aromatic rings. The first kappa shape index (κ1) is 22.5. The molecular weight excluding hydrogens is 467 g/mol. The zero-order valence-corrected chi connectivity index (χ0v) is 19.8. The number of aromatic nitrogens is 1. The molecule has 0 saturated carbocycles. The topological polar surface area (TPSA) is 71.7 Å². The molecule has 1 aromatic carbocycles. The first-order valence-corrected chi connectivity index (χ1v) is 9.38. The Morgan fingerprint density at radius 2 is 2.00 bits per heavy atom. The van der Waals surface area contributed by atoms with Crippen LogP contribution in [0.3, 0.4) is 0 Å². The van der Waals surface area contributed by atoms with Crippen LogP contribution in [0.5, 0.6) is 5.75 Å². The fourth-order valence-electron chi connectivity index (χ4n) is 3.19. The Hall–Kier alpha value is -1.77. The van der Waals surface area contributed by atoms with Gasteiger partial charge < -0.3 is 19.8 Å². The van der Waals surface area contributed by atoms with E-state index in [1.165, 1.54) is 0 Å². The third-order valence-corrected chi connectivity index (χ3v) is 4.61. The highest BCUT2D eigenvalue weighted by molar-refractivity contribution is 14.0. The van der Waals surface area contributed by atoms with Crippen LogP contribution in [0.2, 0.25) is 0 Å². The number of hydrogen-bond donors (Lipinski definition) is 2. The molecule has 3 rings (SSSR count). The molecule has 0 aliphatic carbocycles. The molecule has 2 N–H and O–H groups in total. The van der Waals surface area contributed by atoms with Gasteiger partial charge in [0, 0.05) is 24.4 Å². The average molecular weight is 498 g/mol. The molecule has 0 saturated heterocycles. The minimum atomic E-state index is -0.241. The van der Waals surface area contributed by atoms with Gasteiger partial charge in [-0.25, -0.2) is 4.98 Å². The molecule has 0 radical (unpaired) electrons. The molecule has 1 aromatic heterocycles. The fraction of sp³-hybridized carbons (Fsp3) is 0.524. The van der Waals surface area contributed by atoms with Gasteiger partial charge >= 0.3 is 0 Å². The van der Waals surface area contributed by atoms with Crippen molar-refractivity contribution in [3.8, 4) is 5.75 Å². The number of nitrogens with one attached hydrogen (secondary N) is 2. The fourth-order valence-corrected chi connectivity index (χ4v) is 3.19. The summed E-state index contributed by atoms with van der Waals surface area (Å²) >= 11 is 0. The second-order valence-electron chi connectivity index (χ2n) is 8.59. The van der Waals surface area contributed by atoms with E-state index in [1.807, 2.05) is 18.2 Å². The second-order valence-corrected chi connectivity index (χ2v) is 8.59. The van der Waals surface area contributed by atoms with Gasteiger partial charge in [0.25, 0.3) is 0 Å². The summed E-state index contributed by atoms with van der Waals surface area (Å²) in [6, 6.07) is 8.26. The Balaban J connectivity index is 0.00000280. The average Bonchev–Trinajstić information content (AvgIpc) is 3.06. The normalized spacial score (nSPS) is 18.5. The van der Waals surface area contributed by atoms with Crippen LogP contribution in [0, 0.1) is 0 Å².